The molecular weight excluding hydrogens is 294 g/mol. The molecule has 0 aromatic heterocycles. The molecule has 0 radical (unpaired) electrons. The number of carbonyl (C=O) groups is 2. The third-order valence-electron chi connectivity index (χ3n) is 3.23. The highest BCUT2D eigenvalue weighted by molar-refractivity contribution is 6.30. The molecule has 1 aromatic carbocycles. The molecule has 0 fully saturated rings. The van der Waals surface area contributed by atoms with Gasteiger partial charge in [0.2, 0.25) is 5.91 Å². The molecule has 0 saturated carbocycles. The Morgan fingerprint density at radius 2 is 2.10 bits per heavy atom. The predicted molar refractivity (Wildman–Crippen MR) is 80.8 cm³/mol. The number of amides is 1. The Morgan fingerprint density at radius 1 is 1.43 bits per heavy atom. The highest BCUT2D eigenvalue weighted by Crippen LogP contribution is 2.23. The lowest BCUT2D eigenvalue weighted by Gasteiger charge is -2.23. The summed E-state index contributed by atoms with van der Waals surface area (Å²) in [7, 11) is 1.53. The summed E-state index contributed by atoms with van der Waals surface area (Å²) in [6.45, 7) is 4.05. The van der Waals surface area contributed by atoms with Crippen LogP contribution in [0, 0.1) is 5.92 Å². The minimum atomic E-state index is -0.915. The van der Waals surface area contributed by atoms with Gasteiger partial charge < -0.3 is 14.7 Å². The molecule has 0 aliphatic heterocycles. The maximum Gasteiger partial charge on any atom is 0.308 e. The van der Waals surface area contributed by atoms with Crippen molar-refractivity contribution in [3.8, 4) is 5.75 Å². The van der Waals surface area contributed by atoms with E-state index in [1.165, 1.54) is 12.0 Å². The van der Waals surface area contributed by atoms with Crippen LogP contribution in [0.4, 0.5) is 0 Å². The van der Waals surface area contributed by atoms with E-state index >= 15 is 0 Å². The van der Waals surface area contributed by atoms with Crippen molar-refractivity contribution in [1.29, 1.82) is 0 Å². The van der Waals surface area contributed by atoms with Crippen LogP contribution >= 0.6 is 11.6 Å². The molecule has 0 saturated heterocycles. The lowest BCUT2D eigenvalue weighted by Crippen LogP contribution is -2.37. The van der Waals surface area contributed by atoms with Crippen LogP contribution in [0.3, 0.4) is 0 Å². The summed E-state index contributed by atoms with van der Waals surface area (Å²) in [4.78, 5) is 24.7. The van der Waals surface area contributed by atoms with Gasteiger partial charge in [0.05, 0.1) is 19.4 Å². The van der Waals surface area contributed by atoms with Crippen LogP contribution in [-0.4, -0.2) is 42.1 Å². The number of likely N-dealkylation sites (N-methyl/N-ethyl adjacent to an activating group) is 1. The molecule has 0 aliphatic rings. The van der Waals surface area contributed by atoms with Crippen molar-refractivity contribution in [2.24, 2.45) is 5.92 Å². The van der Waals surface area contributed by atoms with E-state index in [1.807, 2.05) is 6.92 Å². The molecule has 1 atom stereocenters. The number of hydrogen-bond donors (Lipinski definition) is 1. The fourth-order valence-electron chi connectivity index (χ4n) is 1.98. The van der Waals surface area contributed by atoms with Gasteiger partial charge in [-0.1, -0.05) is 18.5 Å². The SMILES string of the molecule is CCN(CC(C)C(=O)O)C(=O)Cc1cc(Cl)ccc1OC. The van der Waals surface area contributed by atoms with E-state index in [0.29, 0.717) is 22.9 Å². The summed E-state index contributed by atoms with van der Waals surface area (Å²) in [6.07, 6.45) is 0.129. The number of nitrogens with zero attached hydrogens (tertiary/aromatic N) is 1. The molecule has 0 aliphatic carbocycles. The Hall–Kier alpha value is -1.75. The molecular formula is C15H20ClNO4. The van der Waals surface area contributed by atoms with Gasteiger partial charge in [-0.05, 0) is 25.1 Å². The minimum Gasteiger partial charge on any atom is -0.496 e. The average molecular weight is 314 g/mol. The third kappa shape index (κ3) is 4.93. The van der Waals surface area contributed by atoms with Crippen molar-refractivity contribution < 1.29 is 19.4 Å². The smallest absolute Gasteiger partial charge is 0.308 e. The zero-order chi connectivity index (χ0) is 16.0. The zero-order valence-corrected chi connectivity index (χ0v) is 13.2. The molecule has 1 rings (SSSR count). The van der Waals surface area contributed by atoms with Crippen molar-refractivity contribution in [3.63, 3.8) is 0 Å². The van der Waals surface area contributed by atoms with Crippen molar-refractivity contribution in [2.75, 3.05) is 20.2 Å². The number of carbonyl (C=O) groups excluding carboxylic acids is 1. The fraction of sp³-hybridized carbons (Fsp3) is 0.467. The first-order valence-corrected chi connectivity index (χ1v) is 7.09. The van der Waals surface area contributed by atoms with Gasteiger partial charge in [-0.3, -0.25) is 9.59 Å². The third-order valence-corrected chi connectivity index (χ3v) is 3.47. The van der Waals surface area contributed by atoms with Gasteiger partial charge in [0.1, 0.15) is 5.75 Å². The van der Waals surface area contributed by atoms with E-state index in [9.17, 15) is 9.59 Å². The highest BCUT2D eigenvalue weighted by atomic mass is 35.5. The average Bonchev–Trinajstić information content (AvgIpc) is 2.44. The van der Waals surface area contributed by atoms with Gasteiger partial charge in [-0.15, -0.1) is 0 Å². The number of rotatable bonds is 7. The monoisotopic (exact) mass is 313 g/mol. The van der Waals surface area contributed by atoms with E-state index in [2.05, 4.69) is 0 Å². The van der Waals surface area contributed by atoms with Crippen molar-refractivity contribution in [3.05, 3.63) is 28.8 Å². The van der Waals surface area contributed by atoms with Crippen LogP contribution in [0.5, 0.6) is 5.75 Å². The lowest BCUT2D eigenvalue weighted by atomic mass is 10.1. The van der Waals surface area contributed by atoms with Gasteiger partial charge >= 0.3 is 5.97 Å². The van der Waals surface area contributed by atoms with Gasteiger partial charge in [-0.2, -0.15) is 0 Å². The number of halogens is 1. The number of ether oxygens (including phenoxy) is 1. The minimum absolute atomic E-state index is 0.129. The summed E-state index contributed by atoms with van der Waals surface area (Å²) in [5.74, 6) is -1.07. The summed E-state index contributed by atoms with van der Waals surface area (Å²) < 4.78 is 5.21. The van der Waals surface area contributed by atoms with Gasteiger partial charge in [0.15, 0.2) is 0 Å². The number of aliphatic carboxylic acids is 1. The molecule has 0 spiro atoms. The van der Waals surface area contributed by atoms with Crippen LogP contribution in [-0.2, 0) is 16.0 Å². The number of carboxylic acid groups (broad SMARTS) is 1. The van der Waals surface area contributed by atoms with Crippen molar-refractivity contribution in [2.45, 2.75) is 20.3 Å². The number of carboxylic acids is 1. The summed E-state index contributed by atoms with van der Waals surface area (Å²) in [5, 5.41) is 9.47. The second kappa shape index (κ2) is 7.88. The Balaban J connectivity index is 2.83. The van der Waals surface area contributed by atoms with E-state index in [-0.39, 0.29) is 18.9 Å². The molecule has 5 nitrogen and oxygen atoms in total. The first-order valence-electron chi connectivity index (χ1n) is 6.72. The summed E-state index contributed by atoms with van der Waals surface area (Å²) >= 11 is 5.94. The van der Waals surface area contributed by atoms with E-state index < -0.39 is 11.9 Å². The molecule has 1 unspecified atom stereocenters. The second-order valence-electron chi connectivity index (χ2n) is 4.80. The Labute approximate surface area is 129 Å². The number of methoxy groups -OCH3 is 1. The Bertz CT molecular complexity index is 518. The maximum absolute atomic E-state index is 12.3. The number of benzene rings is 1. The molecule has 0 heterocycles. The first-order chi connectivity index (χ1) is 9.88. The van der Waals surface area contributed by atoms with Crippen LogP contribution in [0.1, 0.15) is 19.4 Å². The molecule has 21 heavy (non-hydrogen) atoms. The molecule has 0 bridgehead atoms. The van der Waals surface area contributed by atoms with Crippen LogP contribution in [0.15, 0.2) is 18.2 Å². The first kappa shape index (κ1) is 17.3. The van der Waals surface area contributed by atoms with Crippen molar-refractivity contribution >= 4 is 23.5 Å². The standard InChI is InChI=1S/C15H20ClNO4/c1-4-17(9-10(2)15(19)20)14(18)8-11-7-12(16)5-6-13(11)21-3/h5-7,10H,4,8-9H2,1-3H3,(H,19,20). The van der Waals surface area contributed by atoms with E-state index in [4.69, 9.17) is 21.4 Å². The molecule has 1 N–H and O–H groups in total. The Morgan fingerprint density at radius 3 is 2.62 bits per heavy atom. The van der Waals surface area contributed by atoms with Crippen LogP contribution in [0.2, 0.25) is 5.02 Å². The normalized spacial score (nSPS) is 11.8. The Kier molecular flexibility index (Phi) is 6.49. The molecule has 1 amide bonds. The van der Waals surface area contributed by atoms with Crippen LogP contribution in [0.25, 0.3) is 0 Å². The topological polar surface area (TPSA) is 66.8 Å². The van der Waals surface area contributed by atoms with Gasteiger partial charge in [-0.25, -0.2) is 0 Å². The lowest BCUT2D eigenvalue weighted by molar-refractivity contribution is -0.142. The largest absolute Gasteiger partial charge is 0.496 e. The van der Waals surface area contributed by atoms with Crippen LogP contribution < -0.4 is 4.74 Å². The summed E-state index contributed by atoms with van der Waals surface area (Å²) in [5.41, 5.74) is 0.691. The van der Waals surface area contributed by atoms with E-state index in [1.54, 1.807) is 25.1 Å². The fourth-order valence-corrected chi connectivity index (χ4v) is 2.17. The molecule has 6 heteroatoms. The zero-order valence-electron chi connectivity index (χ0n) is 12.4. The van der Waals surface area contributed by atoms with Gasteiger partial charge in [0, 0.05) is 23.7 Å². The summed E-state index contributed by atoms with van der Waals surface area (Å²) in [6, 6.07) is 5.09. The molecule has 116 valence electrons. The molecule has 1 aromatic rings. The highest BCUT2D eigenvalue weighted by Gasteiger charge is 2.20. The quantitative estimate of drug-likeness (QED) is 0.839. The van der Waals surface area contributed by atoms with Gasteiger partial charge in [0.25, 0.3) is 0 Å². The maximum atomic E-state index is 12.3. The number of hydrogen-bond acceptors (Lipinski definition) is 3. The second-order valence-corrected chi connectivity index (χ2v) is 5.24. The van der Waals surface area contributed by atoms with Crippen molar-refractivity contribution in [1.82, 2.24) is 4.90 Å². The predicted octanol–water partition coefficient (Wildman–Crippen LogP) is 2.46. The van der Waals surface area contributed by atoms with E-state index in [0.717, 1.165) is 0 Å².